The molecular weight excluding hydrogens is 724 g/mol. The molecule has 0 heterocycles. The number of benzene rings is 7. The molecule has 274 valence electrons. The molecule has 57 heavy (non-hydrogen) atoms. The average molecular weight is 759 g/mol. The van der Waals surface area contributed by atoms with Gasteiger partial charge in [-0.2, -0.15) is 0 Å². The summed E-state index contributed by atoms with van der Waals surface area (Å²) >= 11 is 0. The zero-order valence-corrected chi connectivity index (χ0v) is 33.3. The topological polar surface area (TPSA) is 102 Å². The van der Waals surface area contributed by atoms with Crippen molar-refractivity contribution in [2.75, 3.05) is 0 Å². The maximum absolute atomic E-state index is 14.2. The van der Waals surface area contributed by atoms with Crippen molar-refractivity contribution in [2.24, 2.45) is 0 Å². The first kappa shape index (κ1) is 39.0. The van der Waals surface area contributed by atoms with Crippen molar-refractivity contribution in [2.45, 2.75) is 25.7 Å². The third-order valence-corrected chi connectivity index (χ3v) is 9.85. The van der Waals surface area contributed by atoms with Gasteiger partial charge in [-0.3, -0.25) is 0 Å². The average Bonchev–Trinajstić information content (AvgIpc) is 3.23. The van der Waals surface area contributed by atoms with Crippen molar-refractivity contribution >= 4 is 17.9 Å². The largest absolute Gasteiger partial charge is 1.00 e. The Morgan fingerprint density at radius 3 is 0.825 bits per heavy atom. The summed E-state index contributed by atoms with van der Waals surface area (Å²) in [6.07, 6.45) is 0.806. The van der Waals surface area contributed by atoms with Gasteiger partial charge in [0.25, 0.3) is 0 Å². The van der Waals surface area contributed by atoms with Crippen LogP contribution in [0.25, 0.3) is 0 Å². The number of hydrogen-bond acceptors (Lipinski definition) is 7. The molecule has 8 heteroatoms. The van der Waals surface area contributed by atoms with Gasteiger partial charge in [-0.15, -0.1) is 5.75 Å². The van der Waals surface area contributed by atoms with Crippen LogP contribution in [0.5, 0.6) is 23.0 Å². The van der Waals surface area contributed by atoms with Crippen LogP contribution in [-0.2, 0) is 25.7 Å². The zero-order chi connectivity index (χ0) is 38.4. The minimum Gasteiger partial charge on any atom is -0.872 e. The fourth-order valence-corrected chi connectivity index (χ4v) is 7.06. The van der Waals surface area contributed by atoms with E-state index < -0.39 is 17.9 Å². The molecule has 0 aromatic heterocycles. The first-order valence-corrected chi connectivity index (χ1v) is 18.3. The standard InChI is InChI=1S/C49H36O7.Na/c50-43-35-20-10-21-36(43)29-38-23-12-25-40(45(38)55-48(52)33-16-6-2-7-17-33)31-42-27-13-26-41(46(42)56-49(53)34-18-8-3-9-19-34)30-39-24-11-22-37(28-35)44(39)54-47(51)32-14-4-1-5-15-32;/h1-27,50H,28-31H2;/q;+1/p-1. The number of hydrogen-bond donors (Lipinski definition) is 0. The normalized spacial score (nSPS) is 11.7. The second kappa shape index (κ2) is 17.7. The van der Waals surface area contributed by atoms with Crippen LogP contribution in [-0.4, -0.2) is 17.9 Å². The molecule has 0 radical (unpaired) electrons. The van der Waals surface area contributed by atoms with E-state index in [1.54, 1.807) is 84.9 Å². The van der Waals surface area contributed by atoms with Crippen molar-refractivity contribution in [3.8, 4) is 23.0 Å². The Balaban J connectivity index is 0.00000496. The van der Waals surface area contributed by atoms with E-state index in [4.69, 9.17) is 14.2 Å². The van der Waals surface area contributed by atoms with Gasteiger partial charge in [-0.25, -0.2) is 14.4 Å². The van der Waals surface area contributed by atoms with Gasteiger partial charge in [0.1, 0.15) is 17.2 Å². The SMILES string of the molecule is O=C(Oc1c2cccc1Cc1cccc(c1OC(=O)c1ccccc1)Cc1cccc(c1OC(=O)c1ccccc1)Cc1cccc(c1[O-])C2)c1ccccc1.[Na+]. The molecule has 1 aliphatic rings. The van der Waals surface area contributed by atoms with Crippen molar-refractivity contribution in [1.29, 1.82) is 0 Å². The van der Waals surface area contributed by atoms with E-state index in [1.807, 2.05) is 78.9 Å². The summed E-state index contributed by atoms with van der Waals surface area (Å²) in [5, 5.41) is 14.2. The van der Waals surface area contributed by atoms with Crippen LogP contribution >= 0.6 is 0 Å². The van der Waals surface area contributed by atoms with Crippen molar-refractivity contribution in [1.82, 2.24) is 0 Å². The minimum absolute atomic E-state index is 0. The Hall–Kier alpha value is -6.25. The molecule has 0 spiro atoms. The molecule has 7 aromatic carbocycles. The first-order chi connectivity index (χ1) is 27.4. The van der Waals surface area contributed by atoms with Crippen LogP contribution in [0.1, 0.15) is 75.6 Å². The number of para-hydroxylation sites is 4. The van der Waals surface area contributed by atoms with Crippen molar-refractivity contribution in [3.05, 3.63) is 225 Å². The predicted octanol–water partition coefficient (Wildman–Crippen LogP) is 6.10. The Bertz CT molecular complexity index is 2420. The molecular formula is C49H35NaO7. The zero-order valence-electron chi connectivity index (χ0n) is 31.3. The van der Waals surface area contributed by atoms with Crippen LogP contribution in [0.15, 0.2) is 164 Å². The summed E-state index contributed by atoms with van der Waals surface area (Å²) in [4.78, 5) is 41.0. The van der Waals surface area contributed by atoms with Gasteiger partial charge in [0, 0.05) is 25.7 Å². The number of carbonyl (C=O) groups excluding carboxylic acids is 3. The molecule has 0 saturated heterocycles. The third kappa shape index (κ3) is 8.77. The quantitative estimate of drug-likeness (QED) is 0.115. The molecule has 0 unspecified atom stereocenters. The second-order valence-corrected chi connectivity index (χ2v) is 13.6. The summed E-state index contributed by atoms with van der Waals surface area (Å²) in [5.41, 5.74) is 6.12. The van der Waals surface area contributed by atoms with Crippen LogP contribution in [0.2, 0.25) is 0 Å². The van der Waals surface area contributed by atoms with E-state index in [2.05, 4.69) is 0 Å². The molecule has 8 rings (SSSR count). The minimum atomic E-state index is -0.538. The van der Waals surface area contributed by atoms with Gasteiger partial charge in [-0.1, -0.05) is 139 Å². The Kier molecular flexibility index (Phi) is 12.1. The van der Waals surface area contributed by atoms with Gasteiger partial charge in [0.05, 0.1) is 16.7 Å². The number of esters is 3. The Labute approximate surface area is 352 Å². The van der Waals surface area contributed by atoms with E-state index in [0.717, 1.165) is 0 Å². The molecule has 7 aromatic rings. The fraction of sp³-hybridized carbons (Fsp3) is 0.0816. The van der Waals surface area contributed by atoms with Gasteiger partial charge in [-0.05, 0) is 69.8 Å². The van der Waals surface area contributed by atoms with Gasteiger partial charge in [0.15, 0.2) is 0 Å². The van der Waals surface area contributed by atoms with Crippen LogP contribution in [0, 0.1) is 0 Å². The number of rotatable bonds is 6. The maximum Gasteiger partial charge on any atom is 1.00 e. The monoisotopic (exact) mass is 758 g/mol. The molecule has 0 aliphatic heterocycles. The number of ether oxygens (including phenoxy) is 3. The van der Waals surface area contributed by atoms with E-state index in [1.165, 1.54) is 0 Å². The molecule has 0 fully saturated rings. The molecule has 8 bridgehead atoms. The van der Waals surface area contributed by atoms with Crippen LogP contribution in [0.3, 0.4) is 0 Å². The second-order valence-electron chi connectivity index (χ2n) is 13.6. The van der Waals surface area contributed by atoms with Gasteiger partial charge in [0.2, 0.25) is 0 Å². The van der Waals surface area contributed by atoms with Gasteiger partial charge < -0.3 is 19.3 Å². The molecule has 1 aliphatic carbocycles. The first-order valence-electron chi connectivity index (χ1n) is 18.3. The van der Waals surface area contributed by atoms with E-state index in [0.29, 0.717) is 78.4 Å². The summed E-state index contributed by atoms with van der Waals surface area (Å²) in [6.45, 7) is 0. The Morgan fingerprint density at radius 2 is 0.561 bits per heavy atom. The molecule has 0 atom stereocenters. The van der Waals surface area contributed by atoms with Crippen molar-refractivity contribution < 1.29 is 63.3 Å². The summed E-state index contributed by atoms with van der Waals surface area (Å²) in [5.74, 6) is -0.748. The molecule has 0 N–H and O–H groups in total. The van der Waals surface area contributed by atoms with Crippen LogP contribution in [0.4, 0.5) is 0 Å². The molecule has 0 amide bonds. The fourth-order valence-electron chi connectivity index (χ4n) is 7.06. The number of carbonyl (C=O) groups is 3. The smallest absolute Gasteiger partial charge is 0.872 e. The summed E-state index contributed by atoms with van der Waals surface area (Å²) in [6, 6.07) is 48.5. The summed E-state index contributed by atoms with van der Waals surface area (Å²) < 4.78 is 18.7. The maximum atomic E-state index is 14.2. The molecule has 7 nitrogen and oxygen atoms in total. The van der Waals surface area contributed by atoms with Crippen molar-refractivity contribution in [3.63, 3.8) is 0 Å². The summed E-state index contributed by atoms with van der Waals surface area (Å²) in [7, 11) is 0. The Morgan fingerprint density at radius 1 is 0.333 bits per heavy atom. The third-order valence-electron chi connectivity index (χ3n) is 9.85. The van der Waals surface area contributed by atoms with Crippen LogP contribution < -0.4 is 48.9 Å². The van der Waals surface area contributed by atoms with Gasteiger partial charge >= 0.3 is 47.5 Å². The van der Waals surface area contributed by atoms with E-state index in [-0.39, 0.29) is 61.0 Å². The molecule has 0 saturated carbocycles. The van der Waals surface area contributed by atoms with E-state index in [9.17, 15) is 19.5 Å². The van der Waals surface area contributed by atoms with E-state index >= 15 is 0 Å². The predicted molar refractivity (Wildman–Crippen MR) is 211 cm³/mol. The number of fused-ring (bicyclic) bond motifs is 8.